The second-order valence-electron chi connectivity index (χ2n) is 2.96. The van der Waals surface area contributed by atoms with Crippen molar-refractivity contribution in [1.82, 2.24) is 10.1 Å². The maximum absolute atomic E-state index is 5.70. The van der Waals surface area contributed by atoms with Crippen molar-refractivity contribution in [2.75, 3.05) is 18.5 Å². The minimum Gasteiger partial charge on any atom is -0.342 e. The zero-order chi connectivity index (χ0) is 10.6. The molecule has 1 heterocycles. The summed E-state index contributed by atoms with van der Waals surface area (Å²) in [5.74, 6) is 3.38. The minimum atomic E-state index is -0.369. The molecule has 0 aliphatic heterocycles. The third-order valence-electron chi connectivity index (χ3n) is 1.90. The van der Waals surface area contributed by atoms with Gasteiger partial charge in [-0.3, -0.25) is 0 Å². The van der Waals surface area contributed by atoms with E-state index < -0.39 is 0 Å². The molecule has 1 rings (SSSR count). The van der Waals surface area contributed by atoms with Crippen molar-refractivity contribution in [3.05, 3.63) is 5.89 Å². The van der Waals surface area contributed by atoms with Crippen molar-refractivity contribution < 1.29 is 4.52 Å². The van der Waals surface area contributed by atoms with E-state index in [1.807, 2.05) is 18.9 Å². The topological polar surface area (TPSA) is 68.2 Å². The summed E-state index contributed by atoms with van der Waals surface area (Å²) < 4.78 is 4.98. The molecule has 1 aromatic heterocycles. The van der Waals surface area contributed by atoms with Crippen molar-refractivity contribution in [2.45, 2.75) is 19.4 Å². The number of hydrogen-bond donors (Lipinski definition) is 1. The fourth-order valence-electron chi connectivity index (χ4n) is 0.888. The number of rotatable bonds is 4. The molecule has 0 saturated carbocycles. The van der Waals surface area contributed by atoms with Crippen LogP contribution in [0.15, 0.2) is 4.52 Å². The highest BCUT2D eigenvalue weighted by atomic mass is 16.5. The van der Waals surface area contributed by atoms with Crippen LogP contribution in [0.4, 0.5) is 5.95 Å². The van der Waals surface area contributed by atoms with Gasteiger partial charge in [-0.05, 0) is 12.1 Å². The fourth-order valence-corrected chi connectivity index (χ4v) is 0.888. The van der Waals surface area contributed by atoms with Crippen LogP contribution in [0.1, 0.15) is 25.3 Å². The molecule has 14 heavy (non-hydrogen) atoms. The SMILES string of the molecule is C#CCC(N)c1nc(N(C)CC)no1. The molecule has 0 radical (unpaired) electrons. The lowest BCUT2D eigenvalue weighted by Crippen LogP contribution is -2.17. The van der Waals surface area contributed by atoms with Crippen LogP contribution < -0.4 is 10.6 Å². The molecule has 0 amide bonds. The summed E-state index contributed by atoms with van der Waals surface area (Å²) in [6, 6.07) is -0.369. The Bertz CT molecular complexity index is 328. The van der Waals surface area contributed by atoms with E-state index in [4.69, 9.17) is 16.7 Å². The van der Waals surface area contributed by atoms with Crippen LogP contribution in [0.2, 0.25) is 0 Å². The van der Waals surface area contributed by atoms with Crippen LogP contribution >= 0.6 is 0 Å². The lowest BCUT2D eigenvalue weighted by atomic mass is 10.2. The first kappa shape index (κ1) is 10.5. The molecular weight excluding hydrogens is 180 g/mol. The predicted octanol–water partition coefficient (Wildman–Crippen LogP) is 0.549. The molecule has 0 aliphatic rings. The van der Waals surface area contributed by atoms with Gasteiger partial charge in [-0.2, -0.15) is 4.98 Å². The van der Waals surface area contributed by atoms with E-state index in [-0.39, 0.29) is 6.04 Å². The quantitative estimate of drug-likeness (QED) is 0.709. The minimum absolute atomic E-state index is 0.369. The summed E-state index contributed by atoms with van der Waals surface area (Å²) in [6.07, 6.45) is 5.53. The highest BCUT2D eigenvalue weighted by Crippen LogP contribution is 2.14. The number of hydrogen-bond acceptors (Lipinski definition) is 5. The molecular formula is C9H14N4O. The van der Waals surface area contributed by atoms with Gasteiger partial charge < -0.3 is 15.2 Å². The van der Waals surface area contributed by atoms with Gasteiger partial charge in [0.05, 0.1) is 6.04 Å². The largest absolute Gasteiger partial charge is 0.342 e. The Hall–Kier alpha value is -1.54. The first-order valence-corrected chi connectivity index (χ1v) is 4.42. The fraction of sp³-hybridized carbons (Fsp3) is 0.556. The van der Waals surface area contributed by atoms with E-state index in [0.29, 0.717) is 18.3 Å². The first-order chi connectivity index (χ1) is 6.69. The van der Waals surface area contributed by atoms with Crippen LogP contribution in [0.25, 0.3) is 0 Å². The standard InChI is InChI=1S/C9H14N4O/c1-4-6-7(10)8-11-9(12-14-8)13(3)5-2/h1,7H,5-6,10H2,2-3H3. The monoisotopic (exact) mass is 194 g/mol. The normalized spacial score (nSPS) is 12.1. The van der Waals surface area contributed by atoms with Crippen LogP contribution in [0.3, 0.4) is 0 Å². The highest BCUT2D eigenvalue weighted by Gasteiger charge is 2.14. The first-order valence-electron chi connectivity index (χ1n) is 4.42. The molecule has 0 fully saturated rings. The molecule has 0 saturated heterocycles. The second kappa shape index (κ2) is 4.63. The molecule has 1 atom stereocenters. The molecule has 0 bridgehead atoms. The van der Waals surface area contributed by atoms with Gasteiger partial charge in [0.2, 0.25) is 5.89 Å². The van der Waals surface area contributed by atoms with Gasteiger partial charge in [0.25, 0.3) is 5.95 Å². The number of anilines is 1. The van der Waals surface area contributed by atoms with Crippen molar-refractivity contribution in [2.24, 2.45) is 5.73 Å². The molecule has 0 spiro atoms. The van der Waals surface area contributed by atoms with Crippen molar-refractivity contribution in [1.29, 1.82) is 0 Å². The van der Waals surface area contributed by atoms with Crippen molar-refractivity contribution in [3.8, 4) is 12.3 Å². The summed E-state index contributed by atoms with van der Waals surface area (Å²) in [7, 11) is 1.88. The Morgan fingerprint density at radius 3 is 3.00 bits per heavy atom. The lowest BCUT2D eigenvalue weighted by molar-refractivity contribution is 0.356. The van der Waals surface area contributed by atoms with Gasteiger partial charge in [0, 0.05) is 20.0 Å². The molecule has 5 heteroatoms. The Balaban J connectivity index is 2.73. The van der Waals surface area contributed by atoms with Gasteiger partial charge in [0.1, 0.15) is 0 Å². The van der Waals surface area contributed by atoms with Crippen molar-refractivity contribution in [3.63, 3.8) is 0 Å². The van der Waals surface area contributed by atoms with E-state index in [2.05, 4.69) is 16.1 Å². The van der Waals surface area contributed by atoms with Crippen LogP contribution in [0.5, 0.6) is 0 Å². The van der Waals surface area contributed by atoms with Gasteiger partial charge in [-0.25, -0.2) is 0 Å². The number of aromatic nitrogens is 2. The number of terminal acetylenes is 1. The maximum Gasteiger partial charge on any atom is 0.265 e. The molecule has 5 nitrogen and oxygen atoms in total. The third-order valence-corrected chi connectivity index (χ3v) is 1.90. The summed E-state index contributed by atoms with van der Waals surface area (Å²) >= 11 is 0. The van der Waals surface area contributed by atoms with Crippen molar-refractivity contribution >= 4 is 5.95 Å². The predicted molar refractivity (Wildman–Crippen MR) is 53.6 cm³/mol. The van der Waals surface area contributed by atoms with Crippen LogP contribution in [0, 0.1) is 12.3 Å². The van der Waals surface area contributed by atoms with E-state index >= 15 is 0 Å². The van der Waals surface area contributed by atoms with Gasteiger partial charge in [-0.1, -0.05) is 0 Å². The summed E-state index contributed by atoms with van der Waals surface area (Å²) in [4.78, 5) is 5.98. The van der Waals surface area contributed by atoms with E-state index in [0.717, 1.165) is 6.54 Å². The number of nitrogens with two attached hydrogens (primary N) is 1. The molecule has 0 aliphatic carbocycles. The molecule has 1 aromatic rings. The molecule has 0 aromatic carbocycles. The average molecular weight is 194 g/mol. The van der Waals surface area contributed by atoms with E-state index in [1.165, 1.54) is 0 Å². The van der Waals surface area contributed by atoms with Gasteiger partial charge >= 0.3 is 0 Å². The van der Waals surface area contributed by atoms with Crippen LogP contribution in [-0.4, -0.2) is 23.7 Å². The highest BCUT2D eigenvalue weighted by molar-refractivity contribution is 5.25. The molecule has 2 N–H and O–H groups in total. The summed E-state index contributed by atoms with van der Waals surface area (Å²) in [6.45, 7) is 2.81. The Labute approximate surface area is 83.3 Å². The zero-order valence-electron chi connectivity index (χ0n) is 8.40. The van der Waals surface area contributed by atoms with Gasteiger partial charge in [0.15, 0.2) is 0 Å². The Morgan fingerprint density at radius 2 is 2.43 bits per heavy atom. The van der Waals surface area contributed by atoms with Gasteiger partial charge in [-0.15, -0.1) is 12.3 Å². The molecule has 76 valence electrons. The second-order valence-corrected chi connectivity index (χ2v) is 2.96. The third kappa shape index (κ3) is 2.24. The average Bonchev–Trinajstić information content (AvgIpc) is 2.66. The molecule has 1 unspecified atom stereocenters. The zero-order valence-corrected chi connectivity index (χ0v) is 8.40. The maximum atomic E-state index is 5.70. The lowest BCUT2D eigenvalue weighted by Gasteiger charge is -2.08. The Morgan fingerprint density at radius 1 is 1.71 bits per heavy atom. The number of nitrogens with zero attached hydrogens (tertiary/aromatic N) is 3. The van der Waals surface area contributed by atoms with E-state index in [1.54, 1.807) is 0 Å². The van der Waals surface area contributed by atoms with Crippen LogP contribution in [-0.2, 0) is 0 Å². The summed E-state index contributed by atoms with van der Waals surface area (Å²) in [5.41, 5.74) is 5.70. The van der Waals surface area contributed by atoms with E-state index in [9.17, 15) is 0 Å². The smallest absolute Gasteiger partial charge is 0.265 e. The summed E-state index contributed by atoms with van der Waals surface area (Å²) in [5, 5.41) is 3.78. The Kier molecular flexibility index (Phi) is 3.48.